The Balaban J connectivity index is 1.43. The fourth-order valence-corrected chi connectivity index (χ4v) is 4.62. The molecule has 2 unspecified atom stereocenters. The summed E-state index contributed by atoms with van der Waals surface area (Å²) >= 11 is 0. The highest BCUT2D eigenvalue weighted by molar-refractivity contribution is 5.44. The second-order valence-corrected chi connectivity index (χ2v) is 7.52. The number of ether oxygens (including phenoxy) is 2. The number of fused-ring (bicyclic) bond motifs is 4. The largest absolute Gasteiger partial charge is 0.486 e. The van der Waals surface area contributed by atoms with Gasteiger partial charge in [0.2, 0.25) is 0 Å². The van der Waals surface area contributed by atoms with Gasteiger partial charge in [0.05, 0.1) is 5.69 Å². The van der Waals surface area contributed by atoms with Gasteiger partial charge in [0.1, 0.15) is 19.0 Å². The Hall–Kier alpha value is -2.34. The molecule has 3 aliphatic heterocycles. The Morgan fingerprint density at radius 3 is 2.77 bits per heavy atom. The molecule has 1 saturated heterocycles. The number of rotatable bonds is 2. The zero-order valence-electron chi connectivity index (χ0n) is 15.0. The van der Waals surface area contributed by atoms with Gasteiger partial charge < -0.3 is 14.5 Å². The summed E-state index contributed by atoms with van der Waals surface area (Å²) in [6.07, 6.45) is 3.96. The molecule has 6 nitrogen and oxygen atoms in total. The van der Waals surface area contributed by atoms with Gasteiger partial charge >= 0.3 is 0 Å². The third kappa shape index (κ3) is 2.69. The SMILES string of the molecule is Cc1nc2c(c(=O)[nH]1)CC1CCC(C2)N1Cc1ccc2c(c1)OCCO2. The Morgan fingerprint density at radius 2 is 1.92 bits per heavy atom. The van der Waals surface area contributed by atoms with Crippen LogP contribution in [0.25, 0.3) is 0 Å². The van der Waals surface area contributed by atoms with Crippen molar-refractivity contribution in [1.82, 2.24) is 14.9 Å². The topological polar surface area (TPSA) is 67.5 Å². The molecule has 2 bridgehead atoms. The summed E-state index contributed by atoms with van der Waals surface area (Å²) in [5.41, 5.74) is 3.15. The molecule has 6 heteroatoms. The molecule has 2 aromatic rings. The number of benzene rings is 1. The summed E-state index contributed by atoms with van der Waals surface area (Å²) in [5.74, 6) is 2.38. The number of nitrogens with zero attached hydrogens (tertiary/aromatic N) is 2. The van der Waals surface area contributed by atoms with Crippen LogP contribution in [0.4, 0.5) is 0 Å². The van der Waals surface area contributed by atoms with Crippen molar-refractivity contribution in [2.24, 2.45) is 0 Å². The summed E-state index contributed by atoms with van der Waals surface area (Å²) in [6, 6.07) is 7.08. The third-order valence-electron chi connectivity index (χ3n) is 5.83. The Bertz CT molecular complexity index is 908. The molecule has 3 aliphatic rings. The quantitative estimate of drug-likeness (QED) is 0.894. The minimum Gasteiger partial charge on any atom is -0.486 e. The monoisotopic (exact) mass is 353 g/mol. The first-order chi connectivity index (χ1) is 12.7. The molecular weight excluding hydrogens is 330 g/mol. The van der Waals surface area contributed by atoms with Crippen LogP contribution in [0, 0.1) is 6.92 Å². The zero-order valence-corrected chi connectivity index (χ0v) is 15.0. The van der Waals surface area contributed by atoms with Gasteiger partial charge in [-0.1, -0.05) is 6.07 Å². The fraction of sp³-hybridized carbons (Fsp3) is 0.500. The lowest BCUT2D eigenvalue weighted by Crippen LogP contribution is -2.36. The lowest BCUT2D eigenvalue weighted by atomic mass is 9.98. The second-order valence-electron chi connectivity index (χ2n) is 7.52. The molecule has 0 saturated carbocycles. The van der Waals surface area contributed by atoms with E-state index in [0.29, 0.717) is 31.1 Å². The fourth-order valence-electron chi connectivity index (χ4n) is 4.62. The number of nitrogens with one attached hydrogen (secondary N) is 1. The van der Waals surface area contributed by atoms with Crippen LogP contribution in [0.1, 0.15) is 35.5 Å². The van der Waals surface area contributed by atoms with E-state index >= 15 is 0 Å². The molecule has 1 fully saturated rings. The normalized spacial score (nSPS) is 24.2. The van der Waals surface area contributed by atoms with Crippen LogP contribution in [0.3, 0.4) is 0 Å². The van der Waals surface area contributed by atoms with E-state index < -0.39 is 0 Å². The second kappa shape index (κ2) is 6.13. The minimum absolute atomic E-state index is 0.0410. The van der Waals surface area contributed by atoms with Crippen LogP contribution in [-0.2, 0) is 19.4 Å². The molecule has 26 heavy (non-hydrogen) atoms. The van der Waals surface area contributed by atoms with Crippen LogP contribution in [0.15, 0.2) is 23.0 Å². The van der Waals surface area contributed by atoms with Crippen molar-refractivity contribution in [3.05, 3.63) is 51.2 Å². The number of aromatic nitrogens is 2. The third-order valence-corrected chi connectivity index (χ3v) is 5.83. The molecular formula is C20H23N3O3. The smallest absolute Gasteiger partial charge is 0.254 e. The summed E-state index contributed by atoms with van der Waals surface area (Å²) in [4.78, 5) is 22.5. The van der Waals surface area contributed by atoms with Gasteiger partial charge in [-0.3, -0.25) is 9.69 Å². The number of aromatic amines is 1. The molecule has 136 valence electrons. The van der Waals surface area contributed by atoms with Crippen molar-refractivity contribution in [1.29, 1.82) is 0 Å². The molecule has 4 heterocycles. The van der Waals surface area contributed by atoms with Crippen molar-refractivity contribution >= 4 is 0 Å². The van der Waals surface area contributed by atoms with Crippen LogP contribution in [0.2, 0.25) is 0 Å². The molecule has 1 aromatic heterocycles. The zero-order chi connectivity index (χ0) is 17.7. The highest BCUT2D eigenvalue weighted by atomic mass is 16.6. The van der Waals surface area contributed by atoms with E-state index in [9.17, 15) is 4.79 Å². The van der Waals surface area contributed by atoms with Crippen molar-refractivity contribution < 1.29 is 9.47 Å². The summed E-state index contributed by atoms with van der Waals surface area (Å²) in [5, 5.41) is 0. The predicted molar refractivity (Wildman–Crippen MR) is 96.8 cm³/mol. The summed E-state index contributed by atoms with van der Waals surface area (Å²) in [6.45, 7) is 3.95. The van der Waals surface area contributed by atoms with Crippen molar-refractivity contribution in [2.45, 2.75) is 51.2 Å². The van der Waals surface area contributed by atoms with Gasteiger partial charge in [-0.2, -0.15) is 0 Å². The van der Waals surface area contributed by atoms with Gasteiger partial charge in [-0.15, -0.1) is 0 Å². The lowest BCUT2D eigenvalue weighted by molar-refractivity contribution is 0.169. The lowest BCUT2D eigenvalue weighted by Gasteiger charge is -2.28. The highest BCUT2D eigenvalue weighted by Gasteiger charge is 2.38. The van der Waals surface area contributed by atoms with E-state index in [-0.39, 0.29) is 5.56 Å². The molecule has 0 spiro atoms. The van der Waals surface area contributed by atoms with Crippen LogP contribution >= 0.6 is 0 Å². The number of hydrogen-bond acceptors (Lipinski definition) is 5. The number of H-pyrrole nitrogens is 1. The van der Waals surface area contributed by atoms with Gasteiger partial charge in [-0.25, -0.2) is 4.98 Å². The predicted octanol–water partition coefficient (Wildman–Crippen LogP) is 1.98. The maximum Gasteiger partial charge on any atom is 0.254 e. The first kappa shape index (κ1) is 15.9. The number of hydrogen-bond donors (Lipinski definition) is 1. The molecule has 0 radical (unpaired) electrons. The van der Waals surface area contributed by atoms with Gasteiger partial charge in [0.25, 0.3) is 5.56 Å². The summed E-state index contributed by atoms with van der Waals surface area (Å²) in [7, 11) is 0. The molecule has 0 amide bonds. The first-order valence-electron chi connectivity index (χ1n) is 9.40. The van der Waals surface area contributed by atoms with E-state index in [1.807, 2.05) is 13.0 Å². The van der Waals surface area contributed by atoms with E-state index in [4.69, 9.17) is 9.47 Å². The maximum absolute atomic E-state index is 12.4. The van der Waals surface area contributed by atoms with Crippen molar-refractivity contribution in [3.8, 4) is 11.5 Å². The Morgan fingerprint density at radius 1 is 1.15 bits per heavy atom. The van der Waals surface area contributed by atoms with Crippen LogP contribution < -0.4 is 15.0 Å². The van der Waals surface area contributed by atoms with E-state index in [1.54, 1.807) is 0 Å². The van der Waals surface area contributed by atoms with E-state index in [0.717, 1.165) is 48.6 Å². The van der Waals surface area contributed by atoms with E-state index in [2.05, 4.69) is 27.0 Å². The molecule has 0 aliphatic carbocycles. The highest BCUT2D eigenvalue weighted by Crippen LogP contribution is 2.36. The molecule has 5 rings (SSSR count). The van der Waals surface area contributed by atoms with E-state index in [1.165, 1.54) is 12.0 Å². The van der Waals surface area contributed by atoms with Crippen molar-refractivity contribution in [2.75, 3.05) is 13.2 Å². The van der Waals surface area contributed by atoms with Gasteiger partial charge in [0, 0.05) is 30.6 Å². The van der Waals surface area contributed by atoms with Gasteiger partial charge in [0.15, 0.2) is 11.5 Å². The number of aryl methyl sites for hydroxylation is 1. The molecule has 1 N–H and O–H groups in total. The van der Waals surface area contributed by atoms with Crippen molar-refractivity contribution in [3.63, 3.8) is 0 Å². The molecule has 2 atom stereocenters. The first-order valence-corrected chi connectivity index (χ1v) is 9.40. The van der Waals surface area contributed by atoms with Gasteiger partial charge in [-0.05, 0) is 43.9 Å². The standard InChI is InChI=1S/C20H23N3O3/c1-12-21-17-10-15-4-3-14(9-16(17)20(24)22-12)23(15)11-13-2-5-18-19(8-13)26-7-6-25-18/h2,5,8,14-15H,3-4,6-7,9-11H2,1H3,(H,21,22,24). The van der Waals surface area contributed by atoms with Crippen LogP contribution in [0.5, 0.6) is 11.5 Å². The minimum atomic E-state index is 0.0410. The average Bonchev–Trinajstić information content (AvgIpc) is 2.90. The Labute approximate surface area is 152 Å². The maximum atomic E-state index is 12.4. The summed E-state index contributed by atoms with van der Waals surface area (Å²) < 4.78 is 11.4. The average molecular weight is 353 g/mol. The van der Waals surface area contributed by atoms with Crippen LogP contribution in [-0.4, -0.2) is 40.2 Å². The Kier molecular flexibility index (Phi) is 3.74. The molecule has 1 aromatic carbocycles.